The van der Waals surface area contributed by atoms with E-state index in [-0.39, 0.29) is 0 Å². The molecule has 0 unspecified atom stereocenters. The van der Waals surface area contributed by atoms with Crippen molar-refractivity contribution in [1.29, 1.82) is 0 Å². The van der Waals surface area contributed by atoms with Gasteiger partial charge in [-0.15, -0.1) is 0 Å². The summed E-state index contributed by atoms with van der Waals surface area (Å²) in [5.74, 6) is 1.79. The largest absolute Gasteiger partial charge is 0.354 e. The van der Waals surface area contributed by atoms with Crippen molar-refractivity contribution >= 4 is 40.5 Å². The molecule has 130 valence electrons. The summed E-state index contributed by atoms with van der Waals surface area (Å²) >= 11 is 12.1. The molecule has 1 saturated heterocycles. The maximum atomic E-state index is 6.10. The topological polar surface area (TPSA) is 40.2 Å². The predicted molar refractivity (Wildman–Crippen MR) is 105 cm³/mol. The molecule has 4 nitrogen and oxygen atoms in total. The van der Waals surface area contributed by atoms with Gasteiger partial charge in [0.15, 0.2) is 0 Å². The van der Waals surface area contributed by atoms with E-state index in [0.717, 1.165) is 49.1 Å². The van der Waals surface area contributed by atoms with E-state index in [1.54, 1.807) is 0 Å². The van der Waals surface area contributed by atoms with Crippen LogP contribution in [0.4, 0.5) is 17.3 Å². The highest BCUT2D eigenvalue weighted by Gasteiger charge is 2.12. The molecule has 0 saturated carbocycles. The van der Waals surface area contributed by atoms with Gasteiger partial charge in [0.25, 0.3) is 0 Å². The molecule has 24 heavy (non-hydrogen) atoms. The number of nitrogens with zero attached hydrogens (tertiary/aromatic N) is 2. The van der Waals surface area contributed by atoms with Crippen LogP contribution in [0.15, 0.2) is 30.3 Å². The Morgan fingerprint density at radius 2 is 1.75 bits per heavy atom. The lowest BCUT2D eigenvalue weighted by atomic mass is 10.2. The zero-order valence-corrected chi connectivity index (χ0v) is 15.9. The maximum absolute atomic E-state index is 6.10. The molecule has 2 N–H and O–H groups in total. The van der Waals surface area contributed by atoms with Crippen LogP contribution in [-0.2, 0) is 0 Å². The van der Waals surface area contributed by atoms with Gasteiger partial charge in [-0.25, -0.2) is 4.98 Å². The van der Waals surface area contributed by atoms with Crippen LogP contribution in [0, 0.1) is 6.92 Å². The SMILES string of the molecule is CC.Cc1cc(Cl)c(Cl)cc1Nc1cccc(N2CCNCC2)n1. The molecule has 0 bridgehead atoms. The van der Waals surface area contributed by atoms with Crippen LogP contribution in [-0.4, -0.2) is 31.2 Å². The molecule has 1 fully saturated rings. The molecule has 3 rings (SSSR count). The quantitative estimate of drug-likeness (QED) is 0.812. The summed E-state index contributed by atoms with van der Waals surface area (Å²) in [6.45, 7) is 9.92. The number of nitrogens with one attached hydrogen (secondary N) is 2. The van der Waals surface area contributed by atoms with Crippen LogP contribution < -0.4 is 15.5 Å². The van der Waals surface area contributed by atoms with E-state index in [1.807, 2.05) is 51.1 Å². The fraction of sp³-hybridized carbons (Fsp3) is 0.389. The number of hydrogen-bond acceptors (Lipinski definition) is 4. The number of rotatable bonds is 3. The molecular formula is C18H24Cl2N4. The van der Waals surface area contributed by atoms with E-state index in [0.29, 0.717) is 10.0 Å². The molecule has 0 aliphatic carbocycles. The first kappa shape index (κ1) is 18.8. The van der Waals surface area contributed by atoms with Crippen molar-refractivity contribution in [3.05, 3.63) is 45.9 Å². The minimum Gasteiger partial charge on any atom is -0.354 e. The fourth-order valence-corrected chi connectivity index (χ4v) is 2.86. The van der Waals surface area contributed by atoms with E-state index in [4.69, 9.17) is 28.2 Å². The molecule has 0 radical (unpaired) electrons. The molecular weight excluding hydrogens is 343 g/mol. The van der Waals surface area contributed by atoms with E-state index >= 15 is 0 Å². The van der Waals surface area contributed by atoms with E-state index in [9.17, 15) is 0 Å². The Balaban J connectivity index is 0.00000100. The standard InChI is InChI=1S/C16H18Cl2N4.C2H6/c1-11-9-12(17)13(18)10-14(11)20-15-3-2-4-16(21-15)22-7-5-19-6-8-22;1-2/h2-4,9-10,19H,5-8H2,1H3,(H,20,21);1-2H3. The summed E-state index contributed by atoms with van der Waals surface area (Å²) in [7, 11) is 0. The normalized spacial score (nSPS) is 14.0. The van der Waals surface area contributed by atoms with Crippen molar-refractivity contribution < 1.29 is 0 Å². The van der Waals surface area contributed by atoms with Gasteiger partial charge in [-0.3, -0.25) is 0 Å². The van der Waals surface area contributed by atoms with Gasteiger partial charge >= 0.3 is 0 Å². The van der Waals surface area contributed by atoms with Crippen LogP contribution in [0.1, 0.15) is 19.4 Å². The van der Waals surface area contributed by atoms with Gasteiger partial charge in [0.2, 0.25) is 0 Å². The van der Waals surface area contributed by atoms with Crippen molar-refractivity contribution in [2.45, 2.75) is 20.8 Å². The molecule has 0 spiro atoms. The first-order valence-corrected chi connectivity index (χ1v) is 9.04. The average Bonchev–Trinajstić information content (AvgIpc) is 2.62. The average molecular weight is 367 g/mol. The summed E-state index contributed by atoms with van der Waals surface area (Å²) in [6, 6.07) is 9.69. The van der Waals surface area contributed by atoms with Gasteiger partial charge in [-0.05, 0) is 36.8 Å². The van der Waals surface area contributed by atoms with Gasteiger partial charge in [-0.2, -0.15) is 0 Å². The molecule has 2 aromatic rings. The van der Waals surface area contributed by atoms with Crippen LogP contribution in [0.25, 0.3) is 0 Å². The number of anilines is 3. The van der Waals surface area contributed by atoms with Crippen LogP contribution in [0.2, 0.25) is 10.0 Å². The van der Waals surface area contributed by atoms with Crippen LogP contribution in [0.5, 0.6) is 0 Å². The van der Waals surface area contributed by atoms with Crippen molar-refractivity contribution in [1.82, 2.24) is 10.3 Å². The first-order valence-electron chi connectivity index (χ1n) is 8.29. The third-order valence-electron chi connectivity index (χ3n) is 3.71. The molecule has 6 heteroatoms. The van der Waals surface area contributed by atoms with Crippen molar-refractivity contribution in [3.63, 3.8) is 0 Å². The summed E-state index contributed by atoms with van der Waals surface area (Å²) < 4.78 is 0. The highest BCUT2D eigenvalue weighted by Crippen LogP contribution is 2.30. The lowest BCUT2D eigenvalue weighted by Gasteiger charge is -2.28. The Bertz CT molecular complexity index is 670. The lowest BCUT2D eigenvalue weighted by Crippen LogP contribution is -2.43. The Hall–Kier alpha value is -1.49. The zero-order chi connectivity index (χ0) is 17.5. The Labute approximate surface area is 154 Å². The minimum absolute atomic E-state index is 0.535. The molecule has 1 aliphatic rings. The van der Waals surface area contributed by atoms with Gasteiger partial charge < -0.3 is 15.5 Å². The van der Waals surface area contributed by atoms with Crippen LogP contribution >= 0.6 is 23.2 Å². The first-order chi connectivity index (χ1) is 11.6. The van der Waals surface area contributed by atoms with Crippen molar-refractivity contribution in [2.75, 3.05) is 36.4 Å². The second kappa shape index (κ2) is 9.11. The molecule has 1 aromatic carbocycles. The van der Waals surface area contributed by atoms with Gasteiger partial charge in [0.05, 0.1) is 10.0 Å². The predicted octanol–water partition coefficient (Wildman–Crippen LogP) is 4.88. The lowest BCUT2D eigenvalue weighted by molar-refractivity contribution is 0.585. The number of halogens is 2. The van der Waals surface area contributed by atoms with Crippen molar-refractivity contribution in [3.8, 4) is 0 Å². The highest BCUT2D eigenvalue weighted by atomic mass is 35.5. The summed E-state index contributed by atoms with van der Waals surface area (Å²) in [5.41, 5.74) is 1.95. The Kier molecular flexibility index (Phi) is 7.16. The second-order valence-corrected chi connectivity index (χ2v) is 6.14. The summed E-state index contributed by atoms with van der Waals surface area (Å²) in [6.07, 6.45) is 0. The van der Waals surface area contributed by atoms with Crippen molar-refractivity contribution in [2.24, 2.45) is 0 Å². The number of aryl methyl sites for hydroxylation is 1. The number of benzene rings is 1. The summed E-state index contributed by atoms with van der Waals surface area (Å²) in [4.78, 5) is 6.98. The zero-order valence-electron chi connectivity index (χ0n) is 14.4. The summed E-state index contributed by atoms with van der Waals surface area (Å²) in [5, 5.41) is 7.77. The maximum Gasteiger partial charge on any atom is 0.132 e. The smallest absolute Gasteiger partial charge is 0.132 e. The number of pyridine rings is 1. The Morgan fingerprint density at radius 1 is 1.08 bits per heavy atom. The fourth-order valence-electron chi connectivity index (χ4n) is 2.48. The molecule has 1 aliphatic heterocycles. The molecule has 0 atom stereocenters. The third kappa shape index (κ3) is 4.76. The van der Waals surface area contributed by atoms with Gasteiger partial charge in [0, 0.05) is 31.9 Å². The van der Waals surface area contributed by atoms with Gasteiger partial charge in [-0.1, -0.05) is 43.1 Å². The minimum atomic E-state index is 0.535. The van der Waals surface area contributed by atoms with E-state index < -0.39 is 0 Å². The second-order valence-electron chi connectivity index (χ2n) is 5.32. The molecule has 1 aromatic heterocycles. The van der Waals surface area contributed by atoms with Gasteiger partial charge in [0.1, 0.15) is 11.6 Å². The highest BCUT2D eigenvalue weighted by molar-refractivity contribution is 6.42. The molecule has 2 heterocycles. The number of aromatic nitrogens is 1. The monoisotopic (exact) mass is 366 g/mol. The van der Waals surface area contributed by atoms with E-state index in [2.05, 4.69) is 15.5 Å². The number of piperazine rings is 1. The Morgan fingerprint density at radius 3 is 2.46 bits per heavy atom. The number of hydrogen-bond donors (Lipinski definition) is 2. The molecule has 0 amide bonds. The van der Waals surface area contributed by atoms with E-state index in [1.165, 1.54) is 0 Å². The third-order valence-corrected chi connectivity index (χ3v) is 4.43. The van der Waals surface area contributed by atoms with Crippen LogP contribution in [0.3, 0.4) is 0 Å².